The molecule has 3 heterocycles. The van der Waals surface area contributed by atoms with Crippen LogP contribution in [0.15, 0.2) is 30.3 Å². The molecule has 6 rings (SSSR count). The number of esters is 2. The number of benzene rings is 2. The molecule has 11 heteroatoms. The summed E-state index contributed by atoms with van der Waals surface area (Å²) in [5.41, 5.74) is 3.83. The number of nitrogens with zero attached hydrogens (tertiary/aromatic N) is 1. The molecule has 1 saturated heterocycles. The van der Waals surface area contributed by atoms with Gasteiger partial charge in [-0.25, -0.2) is 4.79 Å². The lowest BCUT2D eigenvalue weighted by atomic mass is 9.63. The molecule has 44 heavy (non-hydrogen) atoms. The molecule has 2 aromatic carbocycles. The number of hydrogen-bond acceptors (Lipinski definition) is 10. The van der Waals surface area contributed by atoms with E-state index in [0.717, 1.165) is 37.2 Å². The Morgan fingerprint density at radius 2 is 1.66 bits per heavy atom. The molecule has 0 spiro atoms. The van der Waals surface area contributed by atoms with E-state index in [2.05, 4.69) is 16.0 Å². The molecule has 0 unspecified atom stereocenters. The fraction of sp³-hybridized carbons (Fsp3) is 0.515. The van der Waals surface area contributed by atoms with E-state index >= 15 is 0 Å². The standard InChI is InChI=1S/C33H40N2O9/c1-38-19-7-8-20-21-9-10-35-16-18-13-27(44-32(36)17-11-25(39-2)30(41-4)26(12-17)40-3)31(42-5)28(33(37)43-6)22(18)15-24(35)29(21)34-23(20)14-19/h7-8,11-12,14,18,22,24,27-28,31,34H,9-10,13,15-16H2,1-6H3/t18-,22+,24+,27-,28+,31+/m1/s1. The predicted octanol–water partition coefficient (Wildman–Crippen LogP) is 4.17. The minimum Gasteiger partial charge on any atom is -0.497 e. The van der Waals surface area contributed by atoms with Gasteiger partial charge in [-0.2, -0.15) is 0 Å². The molecule has 2 aliphatic heterocycles. The summed E-state index contributed by atoms with van der Waals surface area (Å²) in [5.74, 6) is 0.441. The van der Waals surface area contributed by atoms with Crippen LogP contribution in [0.4, 0.5) is 0 Å². The number of aromatic amines is 1. The van der Waals surface area contributed by atoms with Crippen LogP contribution in [0.2, 0.25) is 0 Å². The molecule has 2 fully saturated rings. The first-order chi connectivity index (χ1) is 21.3. The number of ether oxygens (including phenoxy) is 7. The van der Waals surface area contributed by atoms with Crippen molar-refractivity contribution in [1.29, 1.82) is 0 Å². The van der Waals surface area contributed by atoms with Crippen LogP contribution in [0.1, 0.15) is 40.5 Å². The van der Waals surface area contributed by atoms with Crippen LogP contribution < -0.4 is 18.9 Å². The highest BCUT2D eigenvalue weighted by Gasteiger charge is 2.54. The molecule has 1 N–H and O–H groups in total. The van der Waals surface area contributed by atoms with Gasteiger partial charge in [0.2, 0.25) is 5.75 Å². The lowest BCUT2D eigenvalue weighted by Gasteiger charge is -2.52. The highest BCUT2D eigenvalue weighted by atomic mass is 16.6. The normalized spacial score (nSPS) is 26.1. The maximum atomic E-state index is 13.5. The van der Waals surface area contributed by atoms with Crippen molar-refractivity contribution in [2.75, 3.05) is 55.7 Å². The molecular formula is C33H40N2O9. The van der Waals surface area contributed by atoms with Crippen LogP contribution in [-0.4, -0.2) is 89.8 Å². The van der Waals surface area contributed by atoms with E-state index in [1.54, 1.807) is 26.4 Å². The molecule has 11 nitrogen and oxygen atoms in total. The van der Waals surface area contributed by atoms with Crippen molar-refractivity contribution in [2.24, 2.45) is 17.8 Å². The average Bonchev–Trinajstić information content (AvgIpc) is 3.43. The number of nitrogens with one attached hydrogen (secondary N) is 1. The number of aromatic nitrogens is 1. The summed E-state index contributed by atoms with van der Waals surface area (Å²) in [6, 6.07) is 9.40. The van der Waals surface area contributed by atoms with Crippen LogP contribution in [0, 0.1) is 17.8 Å². The first-order valence-corrected chi connectivity index (χ1v) is 14.9. The van der Waals surface area contributed by atoms with Gasteiger partial charge in [0.15, 0.2) is 11.5 Å². The van der Waals surface area contributed by atoms with Gasteiger partial charge in [-0.15, -0.1) is 0 Å². The highest BCUT2D eigenvalue weighted by Crippen LogP contribution is 2.51. The fourth-order valence-electron chi connectivity index (χ4n) is 7.76. The van der Waals surface area contributed by atoms with Crippen molar-refractivity contribution >= 4 is 22.8 Å². The first-order valence-electron chi connectivity index (χ1n) is 14.9. The number of piperidine rings is 1. The quantitative estimate of drug-likeness (QED) is 0.374. The van der Waals surface area contributed by atoms with E-state index in [-0.39, 0.29) is 29.4 Å². The molecule has 1 saturated carbocycles. The first kappa shape index (κ1) is 30.1. The number of rotatable bonds is 8. The van der Waals surface area contributed by atoms with Crippen molar-refractivity contribution < 1.29 is 42.7 Å². The van der Waals surface area contributed by atoms with Gasteiger partial charge in [-0.1, -0.05) is 0 Å². The SMILES string of the molecule is COC(=O)[C@H]1[C@H]2C[C@H]3c4[nH]c5cc(OC)ccc5c4CCN3C[C@H]2C[C@@H](OC(=O)c2cc(OC)c(OC)c(OC)c2)[C@@H]1OC. The van der Waals surface area contributed by atoms with Crippen LogP contribution in [-0.2, 0) is 25.4 Å². The van der Waals surface area contributed by atoms with Gasteiger partial charge >= 0.3 is 11.9 Å². The zero-order valence-electron chi connectivity index (χ0n) is 26.0. The van der Waals surface area contributed by atoms with E-state index in [0.29, 0.717) is 23.7 Å². The summed E-state index contributed by atoms with van der Waals surface area (Å²) in [4.78, 5) is 33.1. The Labute approximate surface area is 256 Å². The van der Waals surface area contributed by atoms with Crippen molar-refractivity contribution in [3.63, 3.8) is 0 Å². The van der Waals surface area contributed by atoms with Crippen molar-refractivity contribution in [3.8, 4) is 23.0 Å². The second kappa shape index (κ2) is 12.2. The summed E-state index contributed by atoms with van der Waals surface area (Å²) in [6.07, 6.45) is 0.920. The molecule has 3 aliphatic rings. The monoisotopic (exact) mass is 608 g/mol. The van der Waals surface area contributed by atoms with E-state index in [9.17, 15) is 9.59 Å². The van der Waals surface area contributed by atoms with Crippen LogP contribution in [0.3, 0.4) is 0 Å². The third kappa shape index (κ3) is 5.01. The largest absolute Gasteiger partial charge is 0.497 e. The molecule has 0 radical (unpaired) electrons. The third-order valence-electron chi connectivity index (χ3n) is 9.76. The smallest absolute Gasteiger partial charge is 0.338 e. The van der Waals surface area contributed by atoms with Gasteiger partial charge in [0.05, 0.1) is 53.1 Å². The van der Waals surface area contributed by atoms with E-state index in [4.69, 9.17) is 33.2 Å². The Hall–Kier alpha value is -3.96. The van der Waals surface area contributed by atoms with Crippen LogP contribution >= 0.6 is 0 Å². The van der Waals surface area contributed by atoms with Crippen molar-refractivity contribution in [2.45, 2.75) is 37.5 Å². The lowest BCUT2D eigenvalue weighted by Crippen LogP contribution is -2.58. The lowest BCUT2D eigenvalue weighted by molar-refractivity contribution is -0.176. The minimum absolute atomic E-state index is 0.0170. The zero-order chi connectivity index (χ0) is 31.1. The summed E-state index contributed by atoms with van der Waals surface area (Å²) in [5, 5.41) is 1.21. The van der Waals surface area contributed by atoms with Gasteiger partial charge < -0.3 is 38.1 Å². The Kier molecular flexibility index (Phi) is 8.34. The second-order valence-electron chi connectivity index (χ2n) is 11.7. The van der Waals surface area contributed by atoms with Crippen molar-refractivity contribution in [1.82, 2.24) is 9.88 Å². The van der Waals surface area contributed by atoms with Gasteiger partial charge in [0, 0.05) is 42.9 Å². The summed E-state index contributed by atoms with van der Waals surface area (Å²) >= 11 is 0. The minimum atomic E-state index is -0.670. The predicted molar refractivity (Wildman–Crippen MR) is 161 cm³/mol. The summed E-state index contributed by atoms with van der Waals surface area (Å²) < 4.78 is 39.1. The molecule has 236 valence electrons. The van der Waals surface area contributed by atoms with Gasteiger partial charge in [-0.3, -0.25) is 9.69 Å². The van der Waals surface area contributed by atoms with Crippen LogP contribution in [0.5, 0.6) is 23.0 Å². The maximum Gasteiger partial charge on any atom is 0.338 e. The van der Waals surface area contributed by atoms with E-state index < -0.39 is 24.1 Å². The maximum absolute atomic E-state index is 13.5. The third-order valence-corrected chi connectivity index (χ3v) is 9.76. The molecular weight excluding hydrogens is 568 g/mol. The number of H-pyrrole nitrogens is 1. The number of methoxy groups -OCH3 is 6. The number of carbonyl (C=O) groups excluding carboxylic acids is 2. The number of fused-ring (bicyclic) bond motifs is 6. The van der Waals surface area contributed by atoms with E-state index in [1.807, 2.05) is 12.1 Å². The van der Waals surface area contributed by atoms with E-state index in [1.165, 1.54) is 45.1 Å². The van der Waals surface area contributed by atoms with Crippen molar-refractivity contribution in [3.05, 3.63) is 47.2 Å². The molecule has 6 atom stereocenters. The fourth-order valence-corrected chi connectivity index (χ4v) is 7.76. The zero-order valence-corrected chi connectivity index (χ0v) is 26.0. The number of carbonyl (C=O) groups is 2. The Morgan fingerprint density at radius 3 is 2.30 bits per heavy atom. The molecule has 3 aromatic rings. The Bertz CT molecular complexity index is 1530. The second-order valence-corrected chi connectivity index (χ2v) is 11.7. The molecule has 1 aliphatic carbocycles. The number of hydrogen-bond donors (Lipinski definition) is 1. The summed E-state index contributed by atoms with van der Waals surface area (Å²) in [7, 11) is 9.10. The molecule has 0 bridgehead atoms. The Balaban J connectivity index is 1.29. The molecule has 0 amide bonds. The average molecular weight is 609 g/mol. The molecule has 1 aromatic heterocycles. The van der Waals surface area contributed by atoms with Gasteiger partial charge in [-0.05, 0) is 60.9 Å². The Morgan fingerprint density at radius 1 is 0.909 bits per heavy atom. The van der Waals surface area contributed by atoms with Crippen LogP contribution in [0.25, 0.3) is 10.9 Å². The topological polar surface area (TPSA) is 118 Å². The van der Waals surface area contributed by atoms with Gasteiger partial charge in [0.1, 0.15) is 18.0 Å². The van der Waals surface area contributed by atoms with Gasteiger partial charge in [0.25, 0.3) is 0 Å². The highest BCUT2D eigenvalue weighted by molar-refractivity contribution is 5.91. The summed E-state index contributed by atoms with van der Waals surface area (Å²) in [6.45, 7) is 1.68.